The van der Waals surface area contributed by atoms with Crippen LogP contribution < -0.4 is 0 Å². The highest BCUT2D eigenvalue weighted by atomic mass is 31.2. The van der Waals surface area contributed by atoms with Crippen LogP contribution in [0, 0.1) is 0 Å². The molecule has 5 heteroatoms. The Labute approximate surface area is 181 Å². The minimum atomic E-state index is -0.892. The topological polar surface area (TPSA) is 44.8 Å². The first-order valence-electron chi connectivity index (χ1n) is 12.2. The molecule has 0 unspecified atom stereocenters. The number of ether oxygens (including phenoxy) is 3. The zero-order valence-electron chi connectivity index (χ0n) is 20.0. The van der Waals surface area contributed by atoms with E-state index in [1.165, 1.54) is 63.2 Å². The van der Waals surface area contributed by atoms with Crippen molar-refractivity contribution in [1.29, 1.82) is 0 Å². The highest BCUT2D eigenvalue weighted by Crippen LogP contribution is 2.61. The molecule has 1 aliphatic heterocycles. The highest BCUT2D eigenvalue weighted by molar-refractivity contribution is 7.75. The van der Waals surface area contributed by atoms with Gasteiger partial charge in [-0.25, -0.2) is 0 Å². The van der Waals surface area contributed by atoms with E-state index in [2.05, 4.69) is 20.8 Å². The largest absolute Gasteiger partial charge is 0.463 e. The number of esters is 1. The summed E-state index contributed by atoms with van der Waals surface area (Å²) in [6, 6.07) is 0. The molecule has 0 spiro atoms. The molecule has 0 saturated carbocycles. The minimum absolute atomic E-state index is 0.0648. The summed E-state index contributed by atoms with van der Waals surface area (Å²) in [7, 11) is -0.892. The number of hydrogen-bond donors (Lipinski definition) is 0. The Bertz CT molecular complexity index is 411. The molecule has 4 nitrogen and oxygen atoms in total. The number of carbonyl (C=O) groups excluding carboxylic acids is 1. The van der Waals surface area contributed by atoms with E-state index in [0.29, 0.717) is 26.1 Å². The van der Waals surface area contributed by atoms with Crippen molar-refractivity contribution in [3.8, 4) is 0 Å². The summed E-state index contributed by atoms with van der Waals surface area (Å²) >= 11 is 0. The van der Waals surface area contributed by atoms with Crippen LogP contribution in [-0.4, -0.2) is 55.7 Å². The standard InChI is InChI=1S/C24H48O4P/c1-6-9-18-29(19-10-7-2,20-11-8-3)21-12-14-24(26-16-17-27-24)15-13-23(25)28-22(4)5/h22H,6-21H2,1-5H3/q+1. The second-order valence-electron chi connectivity index (χ2n) is 9.05. The predicted molar refractivity (Wildman–Crippen MR) is 125 cm³/mol. The van der Waals surface area contributed by atoms with Gasteiger partial charge in [0.15, 0.2) is 5.79 Å². The second-order valence-corrected chi connectivity index (χ2v) is 13.5. The van der Waals surface area contributed by atoms with Gasteiger partial charge in [-0.2, -0.15) is 0 Å². The van der Waals surface area contributed by atoms with Crippen LogP contribution in [0.3, 0.4) is 0 Å². The first-order valence-corrected chi connectivity index (χ1v) is 14.8. The van der Waals surface area contributed by atoms with E-state index >= 15 is 0 Å². The van der Waals surface area contributed by atoms with Gasteiger partial charge in [-0.1, -0.05) is 40.0 Å². The van der Waals surface area contributed by atoms with Gasteiger partial charge in [0.25, 0.3) is 0 Å². The van der Waals surface area contributed by atoms with Gasteiger partial charge in [0.1, 0.15) is 0 Å². The quantitative estimate of drug-likeness (QED) is 0.191. The maximum Gasteiger partial charge on any atom is 0.306 e. The molecular formula is C24H48O4P+. The van der Waals surface area contributed by atoms with Gasteiger partial charge in [-0.05, 0) is 39.5 Å². The van der Waals surface area contributed by atoms with Gasteiger partial charge in [0, 0.05) is 20.1 Å². The van der Waals surface area contributed by atoms with E-state index in [1.54, 1.807) is 0 Å². The molecule has 0 bridgehead atoms. The lowest BCUT2D eigenvalue weighted by atomic mass is 10.1. The lowest BCUT2D eigenvalue weighted by Gasteiger charge is -2.31. The number of rotatable bonds is 17. The smallest absolute Gasteiger partial charge is 0.306 e. The van der Waals surface area contributed by atoms with E-state index in [1.807, 2.05) is 13.8 Å². The van der Waals surface area contributed by atoms with Crippen molar-refractivity contribution in [2.75, 3.05) is 37.9 Å². The van der Waals surface area contributed by atoms with Crippen LogP contribution in [0.15, 0.2) is 0 Å². The maximum atomic E-state index is 12.0. The van der Waals surface area contributed by atoms with Crippen molar-refractivity contribution >= 4 is 13.2 Å². The average molecular weight is 432 g/mol. The summed E-state index contributed by atoms with van der Waals surface area (Å²) in [5.41, 5.74) is 0. The lowest BCUT2D eigenvalue weighted by molar-refractivity contribution is -0.175. The van der Waals surface area contributed by atoms with Crippen molar-refractivity contribution in [1.82, 2.24) is 0 Å². The molecule has 0 aromatic carbocycles. The molecule has 0 amide bonds. The highest BCUT2D eigenvalue weighted by Gasteiger charge is 2.40. The van der Waals surface area contributed by atoms with Crippen molar-refractivity contribution in [2.24, 2.45) is 0 Å². The number of carbonyl (C=O) groups is 1. The average Bonchev–Trinajstić information content (AvgIpc) is 3.16. The molecule has 0 aromatic heterocycles. The molecule has 0 aromatic rings. The molecular weight excluding hydrogens is 383 g/mol. The fourth-order valence-corrected chi connectivity index (χ4v) is 9.49. The van der Waals surface area contributed by atoms with Gasteiger partial charge in [-0.3, -0.25) is 4.79 Å². The van der Waals surface area contributed by atoms with Crippen LogP contribution in [0.2, 0.25) is 0 Å². The third-order valence-electron chi connectivity index (χ3n) is 6.04. The number of hydrogen-bond acceptors (Lipinski definition) is 4. The molecule has 29 heavy (non-hydrogen) atoms. The summed E-state index contributed by atoms with van der Waals surface area (Å²) in [6.45, 7) is 12.0. The minimum Gasteiger partial charge on any atom is -0.463 e. The molecule has 1 saturated heterocycles. The first kappa shape index (κ1) is 26.9. The van der Waals surface area contributed by atoms with Gasteiger partial charge in [-0.15, -0.1) is 0 Å². The van der Waals surface area contributed by atoms with Gasteiger partial charge in [0.2, 0.25) is 0 Å². The van der Waals surface area contributed by atoms with Crippen LogP contribution in [-0.2, 0) is 19.0 Å². The Balaban J connectivity index is 2.67. The normalized spacial score (nSPS) is 16.5. The van der Waals surface area contributed by atoms with Gasteiger partial charge < -0.3 is 14.2 Å². The zero-order chi connectivity index (χ0) is 21.6. The van der Waals surface area contributed by atoms with E-state index in [4.69, 9.17) is 14.2 Å². The van der Waals surface area contributed by atoms with Crippen LogP contribution in [0.5, 0.6) is 0 Å². The Morgan fingerprint density at radius 2 is 1.34 bits per heavy atom. The van der Waals surface area contributed by atoms with Crippen LogP contribution in [0.25, 0.3) is 0 Å². The van der Waals surface area contributed by atoms with Crippen molar-refractivity contribution in [2.45, 2.75) is 111 Å². The Kier molecular flexibility index (Phi) is 13.7. The molecule has 0 N–H and O–H groups in total. The lowest BCUT2D eigenvalue weighted by Crippen LogP contribution is -2.32. The van der Waals surface area contributed by atoms with E-state index in [9.17, 15) is 4.79 Å². The fourth-order valence-electron chi connectivity index (χ4n) is 4.36. The molecule has 1 aliphatic rings. The zero-order valence-corrected chi connectivity index (χ0v) is 20.9. The van der Waals surface area contributed by atoms with Gasteiger partial charge >= 0.3 is 5.97 Å². The molecule has 172 valence electrons. The maximum absolute atomic E-state index is 12.0. The van der Waals surface area contributed by atoms with Crippen LogP contribution in [0.4, 0.5) is 0 Å². The summed E-state index contributed by atoms with van der Waals surface area (Å²) in [5, 5.41) is 0. The Morgan fingerprint density at radius 3 is 1.79 bits per heavy atom. The fraction of sp³-hybridized carbons (Fsp3) is 0.958. The monoisotopic (exact) mass is 431 g/mol. The van der Waals surface area contributed by atoms with E-state index in [0.717, 1.165) is 12.8 Å². The predicted octanol–water partition coefficient (Wildman–Crippen LogP) is 6.66. The molecule has 1 fully saturated rings. The van der Waals surface area contributed by atoms with Crippen molar-refractivity contribution < 1.29 is 19.0 Å². The summed E-state index contributed by atoms with van der Waals surface area (Å²) in [5.74, 6) is -0.708. The Morgan fingerprint density at radius 1 is 0.862 bits per heavy atom. The molecule has 0 aliphatic carbocycles. The molecule has 0 radical (unpaired) electrons. The molecule has 1 rings (SSSR count). The van der Waals surface area contributed by atoms with E-state index < -0.39 is 13.0 Å². The summed E-state index contributed by atoms with van der Waals surface area (Å²) in [6.07, 6.45) is 16.7. The summed E-state index contributed by atoms with van der Waals surface area (Å²) in [4.78, 5) is 12.0. The first-order chi connectivity index (χ1) is 13.9. The molecule has 1 heterocycles. The Hall–Kier alpha value is -0.180. The van der Waals surface area contributed by atoms with Crippen LogP contribution in [0.1, 0.15) is 98.8 Å². The SMILES string of the molecule is CCCC[P+](CCCC)(CCCC)CCCC1(CCC(=O)OC(C)C)OCCO1. The van der Waals surface area contributed by atoms with E-state index in [-0.39, 0.29) is 12.1 Å². The van der Waals surface area contributed by atoms with Crippen LogP contribution >= 0.6 is 7.26 Å². The second kappa shape index (κ2) is 14.8. The molecule has 0 atom stereocenters. The number of unbranched alkanes of at least 4 members (excludes halogenated alkanes) is 3. The van der Waals surface area contributed by atoms with Gasteiger partial charge in [0.05, 0.1) is 50.4 Å². The third kappa shape index (κ3) is 10.6. The summed E-state index contributed by atoms with van der Waals surface area (Å²) < 4.78 is 17.4. The third-order valence-corrected chi connectivity index (χ3v) is 11.1. The van der Waals surface area contributed by atoms with Crippen molar-refractivity contribution in [3.05, 3.63) is 0 Å². The van der Waals surface area contributed by atoms with Crippen molar-refractivity contribution in [3.63, 3.8) is 0 Å².